The van der Waals surface area contributed by atoms with Crippen LogP contribution in [0.1, 0.15) is 30.7 Å². The first-order valence-corrected chi connectivity index (χ1v) is 7.01. The van der Waals surface area contributed by atoms with Crippen LogP contribution in [0, 0.1) is 0 Å². The molecule has 0 bridgehead atoms. The van der Waals surface area contributed by atoms with Crippen molar-refractivity contribution < 1.29 is 9.53 Å². The lowest BCUT2D eigenvalue weighted by molar-refractivity contribution is -0.142. The van der Waals surface area contributed by atoms with E-state index in [0.717, 1.165) is 41.5 Å². The maximum atomic E-state index is 11.9. The Kier molecular flexibility index (Phi) is 4.27. The number of rotatable bonds is 1. The smallest absolute Gasteiger partial charge is 0.313 e. The molecule has 0 spiro atoms. The SMILES string of the molecule is COC(=O)C1CCCCN(C)c2cc(Br)ccc21. The summed E-state index contributed by atoms with van der Waals surface area (Å²) in [7, 11) is 3.54. The topological polar surface area (TPSA) is 29.5 Å². The van der Waals surface area contributed by atoms with Gasteiger partial charge in [0, 0.05) is 23.8 Å². The van der Waals surface area contributed by atoms with Gasteiger partial charge in [-0.2, -0.15) is 0 Å². The normalized spacial score (nSPS) is 19.7. The number of nitrogens with zero attached hydrogens (tertiary/aromatic N) is 1. The summed E-state index contributed by atoms with van der Waals surface area (Å²) in [5, 5.41) is 0. The van der Waals surface area contributed by atoms with E-state index in [4.69, 9.17) is 4.74 Å². The number of carbonyl (C=O) groups excluding carboxylic acids is 1. The lowest BCUT2D eigenvalue weighted by atomic mass is 9.90. The van der Waals surface area contributed by atoms with Gasteiger partial charge in [0.2, 0.25) is 0 Å². The van der Waals surface area contributed by atoms with Crippen LogP contribution in [-0.2, 0) is 9.53 Å². The quantitative estimate of drug-likeness (QED) is 0.745. The second-order valence-electron chi connectivity index (χ2n) is 4.70. The average Bonchev–Trinajstić information content (AvgIpc) is 2.36. The monoisotopic (exact) mass is 311 g/mol. The third-order valence-corrected chi connectivity index (χ3v) is 3.99. The van der Waals surface area contributed by atoms with Crippen molar-refractivity contribution in [1.29, 1.82) is 0 Å². The van der Waals surface area contributed by atoms with Crippen molar-refractivity contribution in [1.82, 2.24) is 0 Å². The molecule has 0 radical (unpaired) electrons. The molecule has 1 aliphatic rings. The van der Waals surface area contributed by atoms with Crippen LogP contribution < -0.4 is 4.90 Å². The highest BCUT2D eigenvalue weighted by Gasteiger charge is 2.26. The number of methoxy groups -OCH3 is 1. The number of fused-ring (bicyclic) bond motifs is 1. The molecular formula is C14H18BrNO2. The molecule has 3 nitrogen and oxygen atoms in total. The second-order valence-corrected chi connectivity index (χ2v) is 5.61. The van der Waals surface area contributed by atoms with Gasteiger partial charge in [0.1, 0.15) is 0 Å². The Morgan fingerprint density at radius 1 is 1.44 bits per heavy atom. The largest absolute Gasteiger partial charge is 0.469 e. The first-order chi connectivity index (χ1) is 8.63. The lowest BCUT2D eigenvalue weighted by Gasteiger charge is -2.28. The predicted molar refractivity (Wildman–Crippen MR) is 76.0 cm³/mol. The number of carbonyl (C=O) groups is 1. The Bertz CT molecular complexity index is 447. The van der Waals surface area contributed by atoms with Gasteiger partial charge in [-0.15, -0.1) is 0 Å². The van der Waals surface area contributed by atoms with Crippen molar-refractivity contribution in [3.8, 4) is 0 Å². The first kappa shape index (κ1) is 13.4. The summed E-state index contributed by atoms with van der Waals surface area (Å²) in [4.78, 5) is 14.2. The third kappa shape index (κ3) is 2.69. The van der Waals surface area contributed by atoms with E-state index < -0.39 is 0 Å². The van der Waals surface area contributed by atoms with Crippen molar-refractivity contribution in [2.45, 2.75) is 25.2 Å². The molecule has 1 unspecified atom stereocenters. The number of hydrogen-bond acceptors (Lipinski definition) is 3. The zero-order valence-corrected chi connectivity index (χ0v) is 12.4. The molecule has 1 aliphatic heterocycles. The van der Waals surface area contributed by atoms with Crippen LogP contribution in [0.25, 0.3) is 0 Å². The van der Waals surface area contributed by atoms with E-state index in [1.807, 2.05) is 12.1 Å². The summed E-state index contributed by atoms with van der Waals surface area (Å²) >= 11 is 3.49. The van der Waals surface area contributed by atoms with Crippen molar-refractivity contribution >= 4 is 27.6 Å². The number of hydrogen-bond donors (Lipinski definition) is 0. The van der Waals surface area contributed by atoms with Gasteiger partial charge in [-0.3, -0.25) is 4.79 Å². The van der Waals surface area contributed by atoms with Crippen LogP contribution >= 0.6 is 15.9 Å². The highest BCUT2D eigenvalue weighted by atomic mass is 79.9. The minimum atomic E-state index is -0.138. The number of anilines is 1. The summed E-state index contributed by atoms with van der Waals surface area (Å²) in [6.07, 6.45) is 3.03. The van der Waals surface area contributed by atoms with E-state index in [-0.39, 0.29) is 11.9 Å². The Morgan fingerprint density at radius 3 is 2.94 bits per heavy atom. The minimum Gasteiger partial charge on any atom is -0.469 e. The van der Waals surface area contributed by atoms with Crippen LogP contribution in [0.4, 0.5) is 5.69 Å². The lowest BCUT2D eigenvalue weighted by Crippen LogP contribution is -2.25. The molecule has 1 heterocycles. The van der Waals surface area contributed by atoms with Crippen molar-refractivity contribution in [3.05, 3.63) is 28.2 Å². The van der Waals surface area contributed by atoms with Gasteiger partial charge in [-0.25, -0.2) is 0 Å². The van der Waals surface area contributed by atoms with Gasteiger partial charge in [-0.05, 0) is 30.5 Å². The summed E-state index contributed by atoms with van der Waals surface area (Å²) in [6.45, 7) is 1.03. The highest BCUT2D eigenvalue weighted by molar-refractivity contribution is 9.10. The van der Waals surface area contributed by atoms with Gasteiger partial charge in [0.25, 0.3) is 0 Å². The molecular weight excluding hydrogens is 294 g/mol. The summed E-state index contributed by atoms with van der Waals surface area (Å²) < 4.78 is 5.98. The highest BCUT2D eigenvalue weighted by Crippen LogP contribution is 2.35. The van der Waals surface area contributed by atoms with Gasteiger partial charge < -0.3 is 9.64 Å². The van der Waals surface area contributed by atoms with E-state index in [9.17, 15) is 4.79 Å². The Balaban J connectivity index is 2.46. The van der Waals surface area contributed by atoms with E-state index in [0.29, 0.717) is 0 Å². The number of halogens is 1. The molecule has 0 N–H and O–H groups in total. The molecule has 1 aromatic carbocycles. The molecule has 0 aliphatic carbocycles. The fourth-order valence-corrected chi connectivity index (χ4v) is 2.85. The van der Waals surface area contributed by atoms with Gasteiger partial charge in [0.15, 0.2) is 0 Å². The summed E-state index contributed by atoms with van der Waals surface area (Å²) in [6, 6.07) is 6.10. The van der Waals surface area contributed by atoms with Crippen LogP contribution in [0.2, 0.25) is 0 Å². The zero-order valence-electron chi connectivity index (χ0n) is 10.8. The van der Waals surface area contributed by atoms with Gasteiger partial charge in [0.05, 0.1) is 13.0 Å². The molecule has 2 rings (SSSR count). The molecule has 0 saturated carbocycles. The Morgan fingerprint density at radius 2 is 2.22 bits per heavy atom. The van der Waals surface area contributed by atoms with E-state index in [1.54, 1.807) is 0 Å². The molecule has 98 valence electrons. The van der Waals surface area contributed by atoms with Crippen molar-refractivity contribution in [2.75, 3.05) is 25.6 Å². The maximum absolute atomic E-state index is 11.9. The molecule has 4 heteroatoms. The fraction of sp³-hybridized carbons (Fsp3) is 0.500. The second kappa shape index (κ2) is 5.74. The summed E-state index contributed by atoms with van der Waals surface area (Å²) in [5.41, 5.74) is 2.20. The summed E-state index contributed by atoms with van der Waals surface area (Å²) in [5.74, 6) is -0.269. The Hall–Kier alpha value is -1.03. The molecule has 18 heavy (non-hydrogen) atoms. The van der Waals surface area contributed by atoms with Crippen molar-refractivity contribution in [2.24, 2.45) is 0 Å². The average molecular weight is 312 g/mol. The molecule has 0 saturated heterocycles. The fourth-order valence-electron chi connectivity index (χ4n) is 2.50. The van der Waals surface area contributed by atoms with Crippen LogP contribution in [0.15, 0.2) is 22.7 Å². The molecule has 1 aromatic rings. The number of esters is 1. The van der Waals surface area contributed by atoms with Gasteiger partial charge in [-0.1, -0.05) is 28.4 Å². The third-order valence-electron chi connectivity index (χ3n) is 3.50. The maximum Gasteiger partial charge on any atom is 0.313 e. The number of benzene rings is 1. The first-order valence-electron chi connectivity index (χ1n) is 6.22. The molecule has 1 atom stereocenters. The zero-order chi connectivity index (χ0) is 13.1. The number of ether oxygens (including phenoxy) is 1. The molecule has 0 fully saturated rings. The van der Waals surface area contributed by atoms with E-state index >= 15 is 0 Å². The molecule has 0 aromatic heterocycles. The predicted octanol–water partition coefficient (Wildman–Crippen LogP) is 3.33. The van der Waals surface area contributed by atoms with Crippen LogP contribution in [0.3, 0.4) is 0 Å². The Labute approximate surface area is 116 Å². The molecule has 0 amide bonds. The van der Waals surface area contributed by atoms with Gasteiger partial charge >= 0.3 is 5.97 Å². The standard InChI is InChI=1S/C14H18BrNO2/c1-16-8-4-3-5-12(14(17)18-2)11-7-6-10(15)9-13(11)16/h6-7,9,12H,3-5,8H2,1-2H3. The van der Waals surface area contributed by atoms with E-state index in [2.05, 4.69) is 33.9 Å². The minimum absolute atomic E-state index is 0.131. The van der Waals surface area contributed by atoms with Crippen molar-refractivity contribution in [3.63, 3.8) is 0 Å². The van der Waals surface area contributed by atoms with Crippen LogP contribution in [0.5, 0.6) is 0 Å². The van der Waals surface area contributed by atoms with Crippen LogP contribution in [-0.4, -0.2) is 26.7 Å². The van der Waals surface area contributed by atoms with E-state index in [1.165, 1.54) is 7.11 Å².